The van der Waals surface area contributed by atoms with E-state index in [0.29, 0.717) is 0 Å². The molecule has 19 heavy (non-hydrogen) atoms. The van der Waals surface area contributed by atoms with Crippen LogP contribution in [0.4, 0.5) is 0 Å². The van der Waals surface area contributed by atoms with E-state index in [1.165, 1.54) is 16.7 Å². The van der Waals surface area contributed by atoms with Crippen LogP contribution in [0.15, 0.2) is 48.5 Å². The fourth-order valence-electron chi connectivity index (χ4n) is 2.28. The van der Waals surface area contributed by atoms with Crippen molar-refractivity contribution in [3.63, 3.8) is 0 Å². The molecule has 2 nitrogen and oxygen atoms in total. The van der Waals surface area contributed by atoms with E-state index in [-0.39, 0.29) is 0 Å². The van der Waals surface area contributed by atoms with E-state index in [0.717, 1.165) is 18.7 Å². The molecule has 0 atom stereocenters. The fraction of sp³-hybridized carbons (Fsp3) is 0.294. The van der Waals surface area contributed by atoms with Gasteiger partial charge in [0.25, 0.3) is 0 Å². The van der Waals surface area contributed by atoms with Gasteiger partial charge in [-0.15, -0.1) is 0 Å². The zero-order valence-corrected chi connectivity index (χ0v) is 11.9. The normalized spacial score (nSPS) is 10.7. The Morgan fingerprint density at radius 1 is 0.842 bits per heavy atom. The van der Waals surface area contributed by atoms with Gasteiger partial charge in [-0.25, -0.2) is 0 Å². The van der Waals surface area contributed by atoms with E-state index < -0.39 is 0 Å². The van der Waals surface area contributed by atoms with E-state index in [4.69, 9.17) is 4.74 Å². The maximum atomic E-state index is 5.43. The smallest absolute Gasteiger partial charge is 0.122 e. The molecule has 2 aromatic rings. The monoisotopic (exact) mass is 255 g/mol. The molecule has 0 amide bonds. The van der Waals surface area contributed by atoms with Crippen molar-refractivity contribution in [1.82, 2.24) is 4.90 Å². The average Bonchev–Trinajstić information content (AvgIpc) is 2.41. The highest BCUT2D eigenvalue weighted by atomic mass is 16.5. The van der Waals surface area contributed by atoms with Gasteiger partial charge in [-0.1, -0.05) is 42.5 Å². The Hall–Kier alpha value is -1.80. The Labute approximate surface area is 115 Å². The number of hydrogen-bond acceptors (Lipinski definition) is 2. The van der Waals surface area contributed by atoms with Crippen LogP contribution in [0.2, 0.25) is 0 Å². The molecule has 0 aliphatic rings. The number of benzene rings is 2. The van der Waals surface area contributed by atoms with Gasteiger partial charge in [0.2, 0.25) is 0 Å². The van der Waals surface area contributed by atoms with Crippen molar-refractivity contribution in [2.24, 2.45) is 0 Å². The molecule has 0 saturated carbocycles. The third-order valence-electron chi connectivity index (χ3n) is 3.18. The zero-order valence-electron chi connectivity index (χ0n) is 11.9. The number of para-hydroxylation sites is 1. The summed E-state index contributed by atoms with van der Waals surface area (Å²) in [6.07, 6.45) is 0.911. The van der Waals surface area contributed by atoms with Gasteiger partial charge in [0.15, 0.2) is 0 Å². The first-order chi connectivity index (χ1) is 9.20. The molecule has 0 heterocycles. The standard InChI is InChI=1S/C17H21NO/c1-18(2)13-16-10-5-4-8-14(16)12-15-9-6-7-11-17(15)19-3/h4-11H,12-13H2,1-3H3. The van der Waals surface area contributed by atoms with Gasteiger partial charge in [0.05, 0.1) is 7.11 Å². The summed E-state index contributed by atoms with van der Waals surface area (Å²) < 4.78 is 5.43. The lowest BCUT2D eigenvalue weighted by molar-refractivity contribution is 0.400. The second-order valence-electron chi connectivity index (χ2n) is 5.00. The summed E-state index contributed by atoms with van der Waals surface area (Å²) in [5.41, 5.74) is 3.97. The second-order valence-corrected chi connectivity index (χ2v) is 5.00. The topological polar surface area (TPSA) is 12.5 Å². The lowest BCUT2D eigenvalue weighted by atomic mass is 9.99. The molecule has 0 aliphatic heterocycles. The van der Waals surface area contributed by atoms with Crippen LogP contribution in [0.25, 0.3) is 0 Å². The molecule has 0 bridgehead atoms. The van der Waals surface area contributed by atoms with Crippen LogP contribution in [0.3, 0.4) is 0 Å². The van der Waals surface area contributed by atoms with Gasteiger partial charge in [-0.2, -0.15) is 0 Å². The molecule has 0 spiro atoms. The maximum Gasteiger partial charge on any atom is 0.122 e. The van der Waals surface area contributed by atoms with E-state index in [2.05, 4.69) is 55.4 Å². The fourth-order valence-corrected chi connectivity index (χ4v) is 2.28. The minimum atomic E-state index is 0.911. The molecule has 0 radical (unpaired) electrons. The van der Waals surface area contributed by atoms with Gasteiger partial charge in [-0.3, -0.25) is 0 Å². The number of nitrogens with zero attached hydrogens (tertiary/aromatic N) is 1. The molecule has 0 N–H and O–H groups in total. The highest BCUT2D eigenvalue weighted by molar-refractivity contribution is 5.39. The minimum absolute atomic E-state index is 0.911. The second kappa shape index (κ2) is 6.39. The van der Waals surface area contributed by atoms with Gasteiger partial charge in [-0.05, 0) is 36.9 Å². The van der Waals surface area contributed by atoms with Crippen molar-refractivity contribution in [1.29, 1.82) is 0 Å². The number of hydrogen-bond donors (Lipinski definition) is 0. The molecule has 0 aliphatic carbocycles. The number of ether oxygens (including phenoxy) is 1. The van der Waals surface area contributed by atoms with Crippen molar-refractivity contribution < 1.29 is 4.74 Å². The summed E-state index contributed by atoms with van der Waals surface area (Å²) in [7, 11) is 5.92. The molecule has 2 rings (SSSR count). The molecule has 0 saturated heterocycles. The van der Waals surface area contributed by atoms with E-state index >= 15 is 0 Å². The number of methoxy groups -OCH3 is 1. The molecule has 100 valence electrons. The molecular weight excluding hydrogens is 234 g/mol. The van der Waals surface area contributed by atoms with Crippen LogP contribution in [0.1, 0.15) is 16.7 Å². The quantitative estimate of drug-likeness (QED) is 0.812. The Kier molecular flexibility index (Phi) is 4.58. The predicted octanol–water partition coefficient (Wildman–Crippen LogP) is 3.35. The predicted molar refractivity (Wildman–Crippen MR) is 79.6 cm³/mol. The van der Waals surface area contributed by atoms with Crippen LogP contribution in [0, 0.1) is 0 Å². The van der Waals surface area contributed by atoms with Crippen molar-refractivity contribution in [2.45, 2.75) is 13.0 Å². The van der Waals surface area contributed by atoms with Crippen molar-refractivity contribution in [3.05, 3.63) is 65.2 Å². The zero-order chi connectivity index (χ0) is 13.7. The summed E-state index contributed by atoms with van der Waals surface area (Å²) in [5.74, 6) is 0.960. The van der Waals surface area contributed by atoms with E-state index in [9.17, 15) is 0 Å². The summed E-state index contributed by atoms with van der Waals surface area (Å²) in [4.78, 5) is 2.20. The first-order valence-corrected chi connectivity index (χ1v) is 6.54. The molecular formula is C17H21NO. The first kappa shape index (κ1) is 13.6. The highest BCUT2D eigenvalue weighted by Gasteiger charge is 2.07. The van der Waals surface area contributed by atoms with Gasteiger partial charge >= 0.3 is 0 Å². The Balaban J connectivity index is 2.27. The Bertz CT molecular complexity index is 534. The lowest BCUT2D eigenvalue weighted by Gasteiger charge is -2.15. The molecule has 0 aromatic heterocycles. The van der Waals surface area contributed by atoms with Crippen molar-refractivity contribution >= 4 is 0 Å². The first-order valence-electron chi connectivity index (χ1n) is 6.54. The van der Waals surface area contributed by atoms with Crippen molar-refractivity contribution in [3.8, 4) is 5.75 Å². The third-order valence-corrected chi connectivity index (χ3v) is 3.18. The highest BCUT2D eigenvalue weighted by Crippen LogP contribution is 2.23. The minimum Gasteiger partial charge on any atom is -0.496 e. The third kappa shape index (κ3) is 3.58. The summed E-state index contributed by atoms with van der Waals surface area (Å²) in [5, 5.41) is 0. The largest absolute Gasteiger partial charge is 0.496 e. The molecule has 0 unspecified atom stereocenters. The van der Waals surface area contributed by atoms with Crippen LogP contribution in [-0.2, 0) is 13.0 Å². The SMILES string of the molecule is COc1ccccc1Cc1ccccc1CN(C)C. The Morgan fingerprint density at radius 2 is 1.42 bits per heavy atom. The van der Waals surface area contributed by atoms with Crippen LogP contribution >= 0.6 is 0 Å². The summed E-state index contributed by atoms with van der Waals surface area (Å²) >= 11 is 0. The lowest BCUT2D eigenvalue weighted by Crippen LogP contribution is -2.12. The van der Waals surface area contributed by atoms with E-state index in [1.807, 2.05) is 12.1 Å². The van der Waals surface area contributed by atoms with Crippen LogP contribution in [0.5, 0.6) is 5.75 Å². The van der Waals surface area contributed by atoms with E-state index in [1.54, 1.807) is 7.11 Å². The molecule has 2 heteroatoms. The molecule has 0 fully saturated rings. The Morgan fingerprint density at radius 3 is 2.05 bits per heavy atom. The maximum absolute atomic E-state index is 5.43. The summed E-state index contributed by atoms with van der Waals surface area (Å²) in [6.45, 7) is 0.964. The van der Waals surface area contributed by atoms with Gasteiger partial charge < -0.3 is 9.64 Å². The van der Waals surface area contributed by atoms with Crippen molar-refractivity contribution in [2.75, 3.05) is 21.2 Å². The number of rotatable bonds is 5. The molecule has 2 aromatic carbocycles. The summed E-state index contributed by atoms with van der Waals surface area (Å²) in [6, 6.07) is 16.8. The van der Waals surface area contributed by atoms with Crippen LogP contribution in [-0.4, -0.2) is 26.1 Å². The van der Waals surface area contributed by atoms with Crippen LogP contribution < -0.4 is 4.74 Å². The van der Waals surface area contributed by atoms with Gasteiger partial charge in [0.1, 0.15) is 5.75 Å². The average molecular weight is 255 g/mol. The van der Waals surface area contributed by atoms with Gasteiger partial charge in [0, 0.05) is 13.0 Å².